The van der Waals surface area contributed by atoms with Gasteiger partial charge in [0, 0.05) is 12.3 Å². The Labute approximate surface area is 154 Å². The SMILES string of the molecule is CC(=O)Oc1ccc2c(c1)CC[C@@H]1[C@@H]2CC[C@@]2(C)[C@H]1C=CC21OCCO1. The average Bonchev–Trinajstić information content (AvgIpc) is 3.21. The number of hydrogen-bond acceptors (Lipinski definition) is 4. The number of allylic oxidation sites excluding steroid dienone is 1. The van der Waals surface area contributed by atoms with Crippen LogP contribution in [0.3, 0.4) is 0 Å². The van der Waals surface area contributed by atoms with Crippen LogP contribution in [-0.2, 0) is 20.7 Å². The zero-order valence-corrected chi connectivity index (χ0v) is 15.5. The van der Waals surface area contributed by atoms with Gasteiger partial charge in [-0.25, -0.2) is 0 Å². The zero-order valence-electron chi connectivity index (χ0n) is 15.5. The first-order chi connectivity index (χ1) is 12.5. The van der Waals surface area contributed by atoms with Crippen LogP contribution >= 0.6 is 0 Å². The van der Waals surface area contributed by atoms with Gasteiger partial charge in [-0.2, -0.15) is 0 Å². The molecule has 1 saturated carbocycles. The van der Waals surface area contributed by atoms with Crippen molar-refractivity contribution in [2.45, 2.75) is 51.2 Å². The number of carbonyl (C=O) groups excluding carboxylic acids is 1. The highest BCUT2D eigenvalue weighted by molar-refractivity contribution is 5.69. The summed E-state index contributed by atoms with van der Waals surface area (Å²) in [5.41, 5.74) is 2.83. The Morgan fingerprint density at radius 3 is 2.81 bits per heavy atom. The molecule has 0 bridgehead atoms. The van der Waals surface area contributed by atoms with E-state index in [9.17, 15) is 4.79 Å². The summed E-state index contributed by atoms with van der Waals surface area (Å²) in [6.07, 6.45) is 9.06. The number of rotatable bonds is 1. The second-order valence-electron chi connectivity index (χ2n) is 8.47. The van der Waals surface area contributed by atoms with Crippen molar-refractivity contribution in [1.29, 1.82) is 0 Å². The Kier molecular flexibility index (Phi) is 3.60. The fourth-order valence-corrected chi connectivity index (χ4v) is 6.07. The first-order valence-corrected chi connectivity index (χ1v) is 9.81. The molecule has 1 spiro atoms. The maximum Gasteiger partial charge on any atom is 0.308 e. The second-order valence-corrected chi connectivity index (χ2v) is 8.47. The van der Waals surface area contributed by atoms with Gasteiger partial charge in [-0.15, -0.1) is 0 Å². The smallest absolute Gasteiger partial charge is 0.308 e. The van der Waals surface area contributed by atoms with Crippen molar-refractivity contribution < 1.29 is 19.0 Å². The van der Waals surface area contributed by atoms with E-state index in [-0.39, 0.29) is 11.4 Å². The van der Waals surface area contributed by atoms with Crippen LogP contribution in [0.4, 0.5) is 0 Å². The van der Waals surface area contributed by atoms with Crippen molar-refractivity contribution in [1.82, 2.24) is 0 Å². The highest BCUT2D eigenvalue weighted by atomic mass is 16.7. The van der Waals surface area contributed by atoms with Crippen LogP contribution in [-0.4, -0.2) is 25.0 Å². The number of aryl methyl sites for hydroxylation is 1. The molecule has 4 heteroatoms. The Bertz CT molecular complexity index is 776. The molecule has 1 saturated heterocycles. The Morgan fingerprint density at radius 2 is 2.04 bits per heavy atom. The van der Waals surface area contributed by atoms with E-state index in [0.29, 0.717) is 36.7 Å². The van der Waals surface area contributed by atoms with Crippen molar-refractivity contribution in [2.75, 3.05) is 13.2 Å². The summed E-state index contributed by atoms with van der Waals surface area (Å²) < 4.78 is 17.5. The molecule has 3 aliphatic carbocycles. The van der Waals surface area contributed by atoms with Gasteiger partial charge in [0.2, 0.25) is 0 Å². The second kappa shape index (κ2) is 5.67. The molecule has 4 nitrogen and oxygen atoms in total. The zero-order chi connectivity index (χ0) is 17.9. The maximum atomic E-state index is 11.2. The van der Waals surface area contributed by atoms with Gasteiger partial charge < -0.3 is 14.2 Å². The molecule has 1 heterocycles. The molecule has 0 amide bonds. The fraction of sp³-hybridized carbons (Fsp3) is 0.591. The normalized spacial score (nSPS) is 36.5. The number of fused-ring (bicyclic) bond motifs is 6. The third-order valence-electron chi connectivity index (χ3n) is 7.25. The third-order valence-corrected chi connectivity index (χ3v) is 7.25. The van der Waals surface area contributed by atoms with E-state index in [2.05, 4.69) is 31.2 Å². The van der Waals surface area contributed by atoms with E-state index in [1.165, 1.54) is 24.5 Å². The van der Waals surface area contributed by atoms with Gasteiger partial charge in [0.1, 0.15) is 5.75 Å². The fourth-order valence-electron chi connectivity index (χ4n) is 6.07. The summed E-state index contributed by atoms with van der Waals surface area (Å²) in [6.45, 7) is 5.20. The van der Waals surface area contributed by atoms with Crippen LogP contribution in [0.15, 0.2) is 30.4 Å². The quantitative estimate of drug-likeness (QED) is 0.435. The first kappa shape index (κ1) is 16.5. The molecule has 0 radical (unpaired) electrons. The van der Waals surface area contributed by atoms with Gasteiger partial charge in [0.25, 0.3) is 0 Å². The highest BCUT2D eigenvalue weighted by Crippen LogP contribution is 2.63. The van der Waals surface area contributed by atoms with Crippen LogP contribution in [0.25, 0.3) is 0 Å². The lowest BCUT2D eigenvalue weighted by Gasteiger charge is -2.52. The molecule has 2 fully saturated rings. The van der Waals surface area contributed by atoms with Gasteiger partial charge in [0.15, 0.2) is 5.79 Å². The lowest BCUT2D eigenvalue weighted by Crippen LogP contribution is -2.52. The summed E-state index contributed by atoms with van der Waals surface area (Å²) in [5, 5.41) is 0. The van der Waals surface area contributed by atoms with Crippen molar-refractivity contribution in [3.8, 4) is 5.75 Å². The molecule has 26 heavy (non-hydrogen) atoms. The third kappa shape index (κ3) is 2.18. The van der Waals surface area contributed by atoms with Gasteiger partial charge in [0.05, 0.1) is 13.2 Å². The van der Waals surface area contributed by atoms with Crippen molar-refractivity contribution in [3.63, 3.8) is 0 Å². The van der Waals surface area contributed by atoms with Crippen molar-refractivity contribution in [3.05, 3.63) is 41.5 Å². The van der Waals surface area contributed by atoms with Crippen molar-refractivity contribution in [2.24, 2.45) is 17.3 Å². The van der Waals surface area contributed by atoms with E-state index in [4.69, 9.17) is 14.2 Å². The highest BCUT2D eigenvalue weighted by Gasteiger charge is 2.62. The lowest BCUT2D eigenvalue weighted by molar-refractivity contribution is -0.215. The molecule has 1 aromatic rings. The average molecular weight is 354 g/mol. The van der Waals surface area contributed by atoms with Crippen molar-refractivity contribution >= 4 is 5.97 Å². The molecular formula is C22H26O4. The number of carbonyl (C=O) groups is 1. The van der Waals surface area contributed by atoms with Crippen LogP contribution < -0.4 is 4.74 Å². The molecule has 5 rings (SSSR count). The molecule has 4 atom stereocenters. The maximum absolute atomic E-state index is 11.2. The summed E-state index contributed by atoms with van der Waals surface area (Å²) >= 11 is 0. The monoisotopic (exact) mass is 354 g/mol. The van der Waals surface area contributed by atoms with E-state index in [1.54, 1.807) is 0 Å². The van der Waals surface area contributed by atoms with E-state index in [0.717, 1.165) is 19.3 Å². The molecule has 0 unspecified atom stereocenters. The van der Waals surface area contributed by atoms with Gasteiger partial charge >= 0.3 is 5.97 Å². The Balaban J connectivity index is 1.45. The summed E-state index contributed by atoms with van der Waals surface area (Å²) in [5.74, 6) is 1.62. The molecule has 1 aliphatic heterocycles. The first-order valence-electron chi connectivity index (χ1n) is 9.81. The van der Waals surface area contributed by atoms with Gasteiger partial charge in [-0.3, -0.25) is 4.79 Å². The van der Waals surface area contributed by atoms with Gasteiger partial charge in [-0.05, 0) is 72.8 Å². The molecule has 138 valence electrons. The minimum atomic E-state index is -0.498. The van der Waals surface area contributed by atoms with Crippen LogP contribution in [0.5, 0.6) is 5.75 Å². The molecule has 1 aromatic carbocycles. The standard InChI is InChI=1S/C22H26O4/c1-14(23)26-16-4-6-17-15(13-16)3-5-19-18(17)7-9-21(2)20(19)8-10-22(21)24-11-12-25-22/h4,6,8,10,13,18-20H,3,5,7,9,11-12H2,1-2H3/t18-,19-,20+,21+/m1/s1. The van der Waals surface area contributed by atoms with Crippen LogP contribution in [0.1, 0.15) is 50.2 Å². The molecule has 0 aromatic heterocycles. The minimum Gasteiger partial charge on any atom is -0.427 e. The molecular weight excluding hydrogens is 328 g/mol. The van der Waals surface area contributed by atoms with Crippen LogP contribution in [0.2, 0.25) is 0 Å². The Hall–Kier alpha value is -1.65. The van der Waals surface area contributed by atoms with Gasteiger partial charge in [-0.1, -0.05) is 19.1 Å². The van der Waals surface area contributed by atoms with Crippen LogP contribution in [0, 0.1) is 17.3 Å². The van der Waals surface area contributed by atoms with E-state index in [1.807, 2.05) is 6.07 Å². The number of benzene rings is 1. The predicted molar refractivity (Wildman–Crippen MR) is 96.9 cm³/mol. The lowest BCUT2D eigenvalue weighted by atomic mass is 9.54. The van der Waals surface area contributed by atoms with E-state index >= 15 is 0 Å². The van der Waals surface area contributed by atoms with E-state index < -0.39 is 5.79 Å². The topological polar surface area (TPSA) is 44.8 Å². The predicted octanol–water partition coefficient (Wildman–Crippen LogP) is 3.99. The number of ether oxygens (including phenoxy) is 3. The minimum absolute atomic E-state index is 0.0415. The Morgan fingerprint density at radius 1 is 1.23 bits per heavy atom. The molecule has 4 aliphatic rings. The summed E-state index contributed by atoms with van der Waals surface area (Å²) in [4.78, 5) is 11.2. The summed E-state index contributed by atoms with van der Waals surface area (Å²) in [7, 11) is 0. The summed E-state index contributed by atoms with van der Waals surface area (Å²) in [6, 6.07) is 6.20. The number of hydrogen-bond donors (Lipinski definition) is 0. The largest absolute Gasteiger partial charge is 0.427 e. The molecule has 0 N–H and O–H groups in total. The number of esters is 1.